The highest BCUT2D eigenvalue weighted by molar-refractivity contribution is 5.99. The van der Waals surface area contributed by atoms with Crippen LogP contribution in [0.5, 0.6) is 0 Å². The van der Waals surface area contributed by atoms with Gasteiger partial charge in [-0.2, -0.15) is 0 Å². The van der Waals surface area contributed by atoms with Gasteiger partial charge in [0.1, 0.15) is 11.8 Å². The van der Waals surface area contributed by atoms with E-state index in [0.717, 1.165) is 37.1 Å². The molecule has 5 rings (SSSR count). The smallest absolute Gasteiger partial charge is 0.256 e. The van der Waals surface area contributed by atoms with Gasteiger partial charge in [0.05, 0.1) is 6.61 Å². The minimum atomic E-state index is -0.885. The summed E-state index contributed by atoms with van der Waals surface area (Å²) in [5.74, 6) is -0.219. The fourth-order valence-electron chi connectivity index (χ4n) is 5.64. The van der Waals surface area contributed by atoms with E-state index in [4.69, 9.17) is 4.74 Å². The first-order valence-corrected chi connectivity index (χ1v) is 12.6. The maximum atomic E-state index is 13.9. The first-order chi connectivity index (χ1) is 16.9. The molecule has 0 aromatic heterocycles. The molecule has 3 saturated heterocycles. The quantitative estimate of drug-likeness (QED) is 0.682. The Kier molecular flexibility index (Phi) is 6.36. The molecular formula is C28H33N3O4. The summed E-state index contributed by atoms with van der Waals surface area (Å²) in [5, 5.41) is 0. The van der Waals surface area contributed by atoms with Crippen molar-refractivity contribution in [3.63, 3.8) is 0 Å². The third kappa shape index (κ3) is 4.45. The SMILES string of the molecule is Cc1cccc(C(=O)N2CCC3(CC2)OCC(C(=O)N2CCCC2)N3C(=O)c2cccc(C)c2)c1. The summed E-state index contributed by atoms with van der Waals surface area (Å²) >= 11 is 0. The highest BCUT2D eigenvalue weighted by Gasteiger charge is 2.55. The Morgan fingerprint density at radius 3 is 1.94 bits per heavy atom. The number of benzene rings is 2. The van der Waals surface area contributed by atoms with Crippen LogP contribution in [-0.2, 0) is 9.53 Å². The predicted molar refractivity (Wildman–Crippen MR) is 132 cm³/mol. The Balaban J connectivity index is 1.40. The van der Waals surface area contributed by atoms with Crippen molar-refractivity contribution in [2.45, 2.75) is 51.3 Å². The summed E-state index contributed by atoms with van der Waals surface area (Å²) in [6.45, 7) is 6.51. The molecule has 35 heavy (non-hydrogen) atoms. The molecule has 1 spiro atoms. The third-order valence-electron chi connectivity index (χ3n) is 7.54. The molecule has 184 valence electrons. The van der Waals surface area contributed by atoms with Crippen LogP contribution in [0.3, 0.4) is 0 Å². The fraction of sp³-hybridized carbons (Fsp3) is 0.464. The van der Waals surface area contributed by atoms with Gasteiger partial charge in [0.2, 0.25) is 5.91 Å². The molecule has 7 heteroatoms. The van der Waals surface area contributed by atoms with Crippen molar-refractivity contribution in [2.24, 2.45) is 0 Å². The van der Waals surface area contributed by atoms with Gasteiger partial charge in [0.15, 0.2) is 0 Å². The number of carbonyl (C=O) groups is 3. The topological polar surface area (TPSA) is 70.2 Å². The van der Waals surface area contributed by atoms with Crippen LogP contribution in [0.25, 0.3) is 0 Å². The van der Waals surface area contributed by atoms with Crippen LogP contribution in [0.1, 0.15) is 57.5 Å². The maximum Gasteiger partial charge on any atom is 0.256 e. The van der Waals surface area contributed by atoms with Crippen LogP contribution < -0.4 is 0 Å². The van der Waals surface area contributed by atoms with Crippen molar-refractivity contribution in [3.05, 3.63) is 70.8 Å². The van der Waals surface area contributed by atoms with Crippen LogP contribution in [0.15, 0.2) is 48.5 Å². The van der Waals surface area contributed by atoms with Crippen molar-refractivity contribution < 1.29 is 19.1 Å². The predicted octanol–water partition coefficient (Wildman–Crippen LogP) is 3.40. The fourth-order valence-corrected chi connectivity index (χ4v) is 5.64. The van der Waals surface area contributed by atoms with Gasteiger partial charge >= 0.3 is 0 Å². The molecule has 3 aliphatic heterocycles. The van der Waals surface area contributed by atoms with Crippen LogP contribution in [-0.4, -0.2) is 77.0 Å². The average Bonchev–Trinajstić information content (AvgIpc) is 3.52. The van der Waals surface area contributed by atoms with Crippen LogP contribution in [0.4, 0.5) is 0 Å². The van der Waals surface area contributed by atoms with E-state index in [0.29, 0.717) is 37.1 Å². The monoisotopic (exact) mass is 475 g/mol. The van der Waals surface area contributed by atoms with Crippen molar-refractivity contribution in [1.82, 2.24) is 14.7 Å². The summed E-state index contributed by atoms with van der Waals surface area (Å²) in [6.07, 6.45) is 2.94. The Hall–Kier alpha value is -3.19. The molecule has 0 aliphatic carbocycles. The number of amides is 3. The van der Waals surface area contributed by atoms with Gasteiger partial charge < -0.3 is 14.5 Å². The highest BCUT2D eigenvalue weighted by atomic mass is 16.5. The zero-order valence-corrected chi connectivity index (χ0v) is 20.5. The van der Waals surface area contributed by atoms with Gasteiger partial charge in [0, 0.05) is 50.1 Å². The highest BCUT2D eigenvalue weighted by Crippen LogP contribution is 2.39. The van der Waals surface area contributed by atoms with E-state index in [-0.39, 0.29) is 24.3 Å². The van der Waals surface area contributed by atoms with Gasteiger partial charge in [-0.15, -0.1) is 0 Å². The lowest BCUT2D eigenvalue weighted by Crippen LogP contribution is -2.60. The number of piperidine rings is 1. The molecule has 0 saturated carbocycles. The van der Waals surface area contributed by atoms with E-state index >= 15 is 0 Å². The zero-order chi connectivity index (χ0) is 24.6. The Bertz CT molecular complexity index is 1130. The summed E-state index contributed by atoms with van der Waals surface area (Å²) in [7, 11) is 0. The van der Waals surface area contributed by atoms with Gasteiger partial charge in [0.25, 0.3) is 11.8 Å². The summed E-state index contributed by atoms with van der Waals surface area (Å²) < 4.78 is 6.33. The molecule has 3 fully saturated rings. The largest absolute Gasteiger partial charge is 0.353 e. The molecule has 1 unspecified atom stereocenters. The van der Waals surface area contributed by atoms with Crippen LogP contribution >= 0.6 is 0 Å². The molecule has 2 aromatic carbocycles. The molecule has 0 bridgehead atoms. The summed E-state index contributed by atoms with van der Waals surface area (Å²) in [6, 6.07) is 14.5. The summed E-state index contributed by atoms with van der Waals surface area (Å²) in [4.78, 5) is 45.8. The van der Waals surface area contributed by atoms with Crippen LogP contribution in [0, 0.1) is 13.8 Å². The van der Waals surface area contributed by atoms with Crippen molar-refractivity contribution >= 4 is 17.7 Å². The minimum Gasteiger partial charge on any atom is -0.353 e. The molecule has 3 aliphatic rings. The number of hydrogen-bond donors (Lipinski definition) is 0. The Labute approximate surface area is 206 Å². The third-order valence-corrected chi connectivity index (χ3v) is 7.54. The van der Waals surface area contributed by atoms with E-state index in [1.807, 2.05) is 66.1 Å². The van der Waals surface area contributed by atoms with Crippen molar-refractivity contribution in [1.29, 1.82) is 0 Å². The molecule has 0 radical (unpaired) electrons. The molecule has 1 atom stereocenters. The number of ether oxygens (including phenoxy) is 1. The average molecular weight is 476 g/mol. The second-order valence-corrected chi connectivity index (χ2v) is 10.0. The summed E-state index contributed by atoms with van der Waals surface area (Å²) in [5.41, 5.74) is 2.38. The lowest BCUT2D eigenvalue weighted by Gasteiger charge is -2.44. The molecule has 3 amide bonds. The molecule has 3 heterocycles. The molecule has 2 aromatic rings. The number of likely N-dealkylation sites (tertiary alicyclic amines) is 2. The molecule has 0 N–H and O–H groups in total. The molecular weight excluding hydrogens is 442 g/mol. The Morgan fingerprint density at radius 2 is 1.37 bits per heavy atom. The second-order valence-electron chi connectivity index (χ2n) is 10.0. The normalized spacial score (nSPS) is 21.5. The van der Waals surface area contributed by atoms with Crippen LogP contribution in [0.2, 0.25) is 0 Å². The van der Waals surface area contributed by atoms with Gasteiger partial charge in [-0.05, 0) is 51.0 Å². The van der Waals surface area contributed by atoms with E-state index in [1.165, 1.54) is 0 Å². The first kappa shape index (κ1) is 23.5. The lowest BCUT2D eigenvalue weighted by molar-refractivity contribution is -0.136. The number of hydrogen-bond acceptors (Lipinski definition) is 4. The first-order valence-electron chi connectivity index (χ1n) is 12.6. The second kappa shape index (κ2) is 9.46. The van der Waals surface area contributed by atoms with Crippen molar-refractivity contribution in [3.8, 4) is 0 Å². The maximum absolute atomic E-state index is 13.9. The lowest BCUT2D eigenvalue weighted by atomic mass is 9.95. The minimum absolute atomic E-state index is 0.0113. The van der Waals surface area contributed by atoms with Gasteiger partial charge in [-0.3, -0.25) is 19.3 Å². The number of aryl methyl sites for hydroxylation is 2. The number of nitrogens with zero attached hydrogens (tertiary/aromatic N) is 3. The van der Waals surface area contributed by atoms with E-state index in [1.54, 1.807) is 11.0 Å². The number of rotatable bonds is 3. The van der Waals surface area contributed by atoms with Gasteiger partial charge in [-0.1, -0.05) is 35.4 Å². The van der Waals surface area contributed by atoms with E-state index < -0.39 is 11.8 Å². The standard InChI is InChI=1S/C28H33N3O4/c1-20-7-5-9-22(17-20)25(32)30-15-11-28(12-16-30)31(26(33)23-10-6-8-21(2)18-23)24(19-35-28)27(34)29-13-3-4-14-29/h5-10,17-18,24H,3-4,11-16,19H2,1-2H3. The van der Waals surface area contributed by atoms with Gasteiger partial charge in [-0.25, -0.2) is 0 Å². The molecule has 7 nitrogen and oxygen atoms in total. The number of carbonyl (C=O) groups excluding carboxylic acids is 3. The zero-order valence-electron chi connectivity index (χ0n) is 20.5. The van der Waals surface area contributed by atoms with E-state index in [2.05, 4.69) is 0 Å². The van der Waals surface area contributed by atoms with Crippen molar-refractivity contribution in [2.75, 3.05) is 32.8 Å². The Morgan fingerprint density at radius 1 is 0.800 bits per heavy atom. The van der Waals surface area contributed by atoms with E-state index in [9.17, 15) is 14.4 Å².